The second-order valence-corrected chi connectivity index (χ2v) is 5.84. The van der Waals surface area contributed by atoms with Crippen LogP contribution in [0.15, 0.2) is 25.3 Å². The molecule has 0 fully saturated rings. The summed E-state index contributed by atoms with van der Waals surface area (Å²) in [6.07, 6.45) is 1.97. The van der Waals surface area contributed by atoms with Crippen molar-refractivity contribution in [2.24, 2.45) is 0 Å². The summed E-state index contributed by atoms with van der Waals surface area (Å²) in [5, 5.41) is 41.5. The first-order valence-corrected chi connectivity index (χ1v) is 8.21. The minimum absolute atomic E-state index is 0.0481. The van der Waals surface area contributed by atoms with Crippen LogP contribution in [-0.2, 0) is 32.2 Å². The number of aromatic hydroxyl groups is 4. The first-order chi connectivity index (χ1) is 13.3. The molecule has 2 aromatic rings. The van der Waals surface area contributed by atoms with Crippen molar-refractivity contribution in [2.75, 3.05) is 13.2 Å². The fraction of sp³-hybridized carbons (Fsp3) is 0.222. The zero-order valence-corrected chi connectivity index (χ0v) is 14.7. The summed E-state index contributed by atoms with van der Waals surface area (Å²) < 4.78 is 11.8. The van der Waals surface area contributed by atoms with Crippen LogP contribution in [0.4, 0.5) is 0 Å². The van der Waals surface area contributed by atoms with Gasteiger partial charge in [-0.15, -0.1) is 0 Å². The summed E-state index contributed by atoms with van der Waals surface area (Å²) >= 11 is 0. The van der Waals surface area contributed by atoms with Gasteiger partial charge in [0.1, 0.15) is 13.2 Å². The number of aromatic nitrogens is 2. The van der Waals surface area contributed by atoms with Gasteiger partial charge in [-0.3, -0.25) is 9.13 Å². The Labute approximate surface area is 158 Å². The summed E-state index contributed by atoms with van der Waals surface area (Å²) in [4.78, 5) is 22.2. The summed E-state index contributed by atoms with van der Waals surface area (Å²) in [7, 11) is 0. The van der Waals surface area contributed by atoms with Gasteiger partial charge in [0.15, 0.2) is 0 Å². The Bertz CT molecular complexity index is 853. The van der Waals surface area contributed by atoms with E-state index in [0.29, 0.717) is 0 Å². The maximum absolute atomic E-state index is 11.1. The molecule has 10 nitrogen and oxygen atoms in total. The Morgan fingerprint density at radius 2 is 1.00 bits per heavy atom. The number of hydrogen-bond donors (Lipinski definition) is 4. The molecule has 0 amide bonds. The highest BCUT2D eigenvalue weighted by molar-refractivity contribution is 6.12. The molecule has 0 bridgehead atoms. The maximum atomic E-state index is 11.1. The summed E-state index contributed by atoms with van der Waals surface area (Å²) in [5.74, 6) is -2.68. The van der Waals surface area contributed by atoms with Crippen molar-refractivity contribution >= 4 is 11.9 Å². The van der Waals surface area contributed by atoms with Crippen LogP contribution in [0.5, 0.6) is 23.5 Å². The molecule has 3 rings (SSSR count). The van der Waals surface area contributed by atoms with E-state index in [4.69, 9.17) is 9.47 Å². The Balaban J connectivity index is 1.84. The average Bonchev–Trinajstić information content (AvgIpc) is 2.96. The predicted molar refractivity (Wildman–Crippen MR) is 95.8 cm³/mol. The van der Waals surface area contributed by atoms with Gasteiger partial charge in [-0.2, -0.15) is 0 Å². The Morgan fingerprint density at radius 1 is 0.714 bits per heavy atom. The van der Waals surface area contributed by atoms with Crippen molar-refractivity contribution in [3.63, 3.8) is 0 Å². The first kappa shape index (κ1) is 19.0. The van der Waals surface area contributed by atoms with E-state index in [1.807, 2.05) is 0 Å². The van der Waals surface area contributed by atoms with Crippen LogP contribution in [0.1, 0.15) is 0 Å². The van der Waals surface area contributed by atoms with E-state index >= 15 is 0 Å². The second-order valence-electron chi connectivity index (χ2n) is 5.84. The van der Waals surface area contributed by atoms with E-state index in [0.717, 1.165) is 21.3 Å². The van der Waals surface area contributed by atoms with Crippen LogP contribution in [-0.4, -0.2) is 54.7 Å². The SMILES string of the molecule is C=CC(=O)OCCn1c(O)c2c(c1O)-c1c-2c(O)n(CCOC(=O)C=C)c1O. The van der Waals surface area contributed by atoms with Crippen LogP contribution in [0, 0.1) is 0 Å². The molecule has 1 aliphatic rings. The molecule has 0 saturated carbocycles. The van der Waals surface area contributed by atoms with Gasteiger partial charge in [-0.05, 0) is 0 Å². The third-order valence-electron chi connectivity index (χ3n) is 4.37. The Hall–Kier alpha value is -3.82. The fourth-order valence-corrected chi connectivity index (χ4v) is 3.09. The number of rotatable bonds is 8. The predicted octanol–water partition coefficient (Wildman–Crippen LogP) is 1.22. The van der Waals surface area contributed by atoms with E-state index in [9.17, 15) is 30.0 Å². The molecule has 10 heteroatoms. The van der Waals surface area contributed by atoms with Gasteiger partial charge >= 0.3 is 11.9 Å². The summed E-state index contributed by atoms with van der Waals surface area (Å²) in [6, 6.07) is 0. The molecular weight excluding hydrogens is 372 g/mol. The highest BCUT2D eigenvalue weighted by atomic mass is 16.5. The van der Waals surface area contributed by atoms with E-state index in [-0.39, 0.29) is 72.1 Å². The van der Waals surface area contributed by atoms with E-state index in [2.05, 4.69) is 13.2 Å². The molecule has 0 atom stereocenters. The molecule has 28 heavy (non-hydrogen) atoms. The van der Waals surface area contributed by atoms with E-state index in [1.54, 1.807) is 0 Å². The third-order valence-corrected chi connectivity index (χ3v) is 4.37. The fourth-order valence-electron chi connectivity index (χ4n) is 3.09. The largest absolute Gasteiger partial charge is 0.494 e. The summed E-state index contributed by atoms with van der Waals surface area (Å²) in [5.41, 5.74) is 0.656. The topological polar surface area (TPSA) is 143 Å². The van der Waals surface area contributed by atoms with Gasteiger partial charge < -0.3 is 29.9 Å². The summed E-state index contributed by atoms with van der Waals surface area (Å²) in [6.45, 7) is 6.17. The highest BCUT2D eigenvalue weighted by Gasteiger charge is 2.42. The number of fused-ring (bicyclic) bond motifs is 4. The molecule has 0 unspecified atom stereocenters. The minimum atomic E-state index is -0.646. The van der Waals surface area contributed by atoms with Crippen molar-refractivity contribution in [3.8, 4) is 45.8 Å². The van der Waals surface area contributed by atoms with Crippen LogP contribution >= 0.6 is 0 Å². The van der Waals surface area contributed by atoms with Gasteiger partial charge in [0.2, 0.25) is 23.5 Å². The lowest BCUT2D eigenvalue weighted by atomic mass is 9.86. The molecule has 1 aliphatic carbocycles. The smallest absolute Gasteiger partial charge is 0.330 e. The Kier molecular flexibility index (Phi) is 4.78. The molecule has 2 aromatic heterocycles. The van der Waals surface area contributed by atoms with E-state index < -0.39 is 11.9 Å². The van der Waals surface area contributed by atoms with Crippen molar-refractivity contribution < 1.29 is 39.5 Å². The van der Waals surface area contributed by atoms with Crippen LogP contribution in [0.2, 0.25) is 0 Å². The van der Waals surface area contributed by atoms with Crippen molar-refractivity contribution in [2.45, 2.75) is 13.1 Å². The van der Waals surface area contributed by atoms with Crippen LogP contribution in [0.25, 0.3) is 22.3 Å². The first-order valence-electron chi connectivity index (χ1n) is 8.21. The second kappa shape index (κ2) is 7.06. The standard InChI is InChI=1S/C18H18N2O8/c1-3-9(21)27-7-5-19-15(23)11-12(16(19)24)14-13(11)17(25)20(18(14)26)6-8-28-10(22)4-2/h3-4,23-26H,1-2,5-8H2. The van der Waals surface area contributed by atoms with Gasteiger partial charge in [0.05, 0.1) is 35.3 Å². The van der Waals surface area contributed by atoms with Gasteiger partial charge in [0.25, 0.3) is 0 Å². The third kappa shape index (κ3) is 2.75. The lowest BCUT2D eigenvalue weighted by Crippen LogP contribution is -2.09. The van der Waals surface area contributed by atoms with Crippen molar-refractivity contribution in [1.82, 2.24) is 9.13 Å². The number of hydrogen-bond acceptors (Lipinski definition) is 8. The molecule has 0 saturated heterocycles. The van der Waals surface area contributed by atoms with E-state index in [1.165, 1.54) is 0 Å². The van der Waals surface area contributed by atoms with Crippen LogP contribution in [0.3, 0.4) is 0 Å². The molecule has 0 spiro atoms. The zero-order valence-electron chi connectivity index (χ0n) is 14.7. The maximum Gasteiger partial charge on any atom is 0.330 e. The highest BCUT2D eigenvalue weighted by Crippen LogP contribution is 2.64. The minimum Gasteiger partial charge on any atom is -0.494 e. The van der Waals surface area contributed by atoms with Crippen LogP contribution < -0.4 is 0 Å². The van der Waals surface area contributed by atoms with Gasteiger partial charge in [0, 0.05) is 12.2 Å². The number of carbonyl (C=O) groups is 2. The molecular formula is C18H18N2O8. The molecule has 2 heterocycles. The number of nitrogens with zero attached hydrogens (tertiary/aromatic N) is 2. The average molecular weight is 390 g/mol. The van der Waals surface area contributed by atoms with Crippen molar-refractivity contribution in [1.29, 1.82) is 0 Å². The van der Waals surface area contributed by atoms with Crippen molar-refractivity contribution in [3.05, 3.63) is 25.3 Å². The Morgan fingerprint density at radius 3 is 1.25 bits per heavy atom. The quantitative estimate of drug-likeness (QED) is 0.332. The molecule has 148 valence electrons. The number of ether oxygens (including phenoxy) is 2. The van der Waals surface area contributed by atoms with Gasteiger partial charge in [-0.1, -0.05) is 13.2 Å². The normalized spacial score (nSPS) is 11.1. The zero-order chi connectivity index (χ0) is 20.6. The number of carbonyl (C=O) groups excluding carboxylic acids is 2. The lowest BCUT2D eigenvalue weighted by molar-refractivity contribution is -0.138. The van der Waals surface area contributed by atoms with Gasteiger partial charge in [-0.25, -0.2) is 9.59 Å². The molecule has 0 radical (unpaired) electrons. The molecule has 4 N–H and O–H groups in total. The number of esters is 2. The monoisotopic (exact) mass is 390 g/mol. The molecule has 0 aromatic carbocycles. The lowest BCUT2D eigenvalue weighted by Gasteiger charge is -2.14. The molecule has 0 aliphatic heterocycles.